The van der Waals surface area contributed by atoms with E-state index in [2.05, 4.69) is 30.3 Å². The Bertz CT molecular complexity index is 646. The van der Waals surface area contributed by atoms with Gasteiger partial charge in [-0.1, -0.05) is 12.1 Å². The molecule has 0 radical (unpaired) electrons. The predicted octanol–water partition coefficient (Wildman–Crippen LogP) is 4.01. The van der Waals surface area contributed by atoms with E-state index >= 15 is 0 Å². The number of thiophene rings is 1. The van der Waals surface area contributed by atoms with Crippen LogP contribution in [0.15, 0.2) is 35.5 Å². The van der Waals surface area contributed by atoms with Gasteiger partial charge in [0.15, 0.2) is 0 Å². The molecule has 20 heavy (non-hydrogen) atoms. The Kier molecular flexibility index (Phi) is 3.74. The van der Waals surface area contributed by atoms with Crippen molar-refractivity contribution in [1.29, 1.82) is 0 Å². The normalized spacial score (nSPS) is 15.6. The minimum atomic E-state index is 0.615. The molecule has 1 aromatic carbocycles. The predicted molar refractivity (Wildman–Crippen MR) is 81.1 cm³/mol. The van der Waals surface area contributed by atoms with Crippen molar-refractivity contribution < 1.29 is 9.94 Å². The highest BCUT2D eigenvalue weighted by molar-refractivity contribution is 7.11. The molecule has 0 unspecified atom stereocenters. The third kappa shape index (κ3) is 2.56. The lowest BCUT2D eigenvalue weighted by Crippen LogP contribution is -1.96. The van der Waals surface area contributed by atoms with E-state index in [0.29, 0.717) is 6.61 Å². The van der Waals surface area contributed by atoms with Gasteiger partial charge >= 0.3 is 0 Å². The zero-order chi connectivity index (χ0) is 13.9. The molecule has 2 aromatic rings. The largest absolute Gasteiger partial charge is 0.488 e. The summed E-state index contributed by atoms with van der Waals surface area (Å²) in [6.45, 7) is 2.78. The monoisotopic (exact) mass is 287 g/mol. The second kappa shape index (κ2) is 5.67. The summed E-state index contributed by atoms with van der Waals surface area (Å²) in [7, 11) is 0. The standard InChI is InChI=1S/C16H17NO2S/c1-2-13-5-6-14(20-13)10-19-12-4-7-15-11(9-12)3-8-16(15)17-18/h4-7,9,18H,2-3,8,10H2,1H3/b17-16+. The van der Waals surface area contributed by atoms with Crippen LogP contribution in [-0.2, 0) is 19.4 Å². The SMILES string of the molecule is CCc1ccc(COc2ccc3c(c2)CC/C3=N\O)s1. The van der Waals surface area contributed by atoms with Crippen LogP contribution in [-0.4, -0.2) is 10.9 Å². The van der Waals surface area contributed by atoms with Crippen LogP contribution >= 0.6 is 11.3 Å². The summed E-state index contributed by atoms with van der Waals surface area (Å²) in [5, 5.41) is 12.3. The maximum atomic E-state index is 8.92. The van der Waals surface area contributed by atoms with Crippen molar-refractivity contribution in [2.45, 2.75) is 32.8 Å². The first kappa shape index (κ1) is 13.2. The van der Waals surface area contributed by atoms with Crippen LogP contribution in [0.5, 0.6) is 5.75 Å². The molecule has 0 atom stereocenters. The van der Waals surface area contributed by atoms with Crippen molar-refractivity contribution in [3.8, 4) is 5.75 Å². The fourth-order valence-electron chi connectivity index (χ4n) is 2.48. The molecule has 4 heteroatoms. The van der Waals surface area contributed by atoms with E-state index < -0.39 is 0 Å². The highest BCUT2D eigenvalue weighted by Gasteiger charge is 2.18. The van der Waals surface area contributed by atoms with Crippen LogP contribution in [0, 0.1) is 0 Å². The van der Waals surface area contributed by atoms with Gasteiger partial charge in [-0.05, 0) is 55.2 Å². The molecule has 1 heterocycles. The van der Waals surface area contributed by atoms with Gasteiger partial charge in [0.2, 0.25) is 0 Å². The molecule has 0 saturated carbocycles. The van der Waals surface area contributed by atoms with Crippen LogP contribution in [0.25, 0.3) is 0 Å². The smallest absolute Gasteiger partial charge is 0.122 e. The van der Waals surface area contributed by atoms with Crippen molar-refractivity contribution in [3.63, 3.8) is 0 Å². The van der Waals surface area contributed by atoms with Crippen molar-refractivity contribution >= 4 is 17.0 Å². The minimum Gasteiger partial charge on any atom is -0.488 e. The highest BCUT2D eigenvalue weighted by Crippen LogP contribution is 2.27. The zero-order valence-corrected chi connectivity index (χ0v) is 12.2. The summed E-state index contributed by atoms with van der Waals surface area (Å²) in [4.78, 5) is 2.64. The van der Waals surface area contributed by atoms with E-state index in [4.69, 9.17) is 9.94 Å². The Morgan fingerprint density at radius 1 is 1.20 bits per heavy atom. The maximum absolute atomic E-state index is 8.92. The van der Waals surface area contributed by atoms with Gasteiger partial charge in [-0.25, -0.2) is 0 Å². The Labute approximate surface area is 122 Å². The summed E-state index contributed by atoms with van der Waals surface area (Å²) in [6, 6.07) is 10.3. The fourth-order valence-corrected chi connectivity index (χ4v) is 3.36. The van der Waals surface area contributed by atoms with Crippen LogP contribution in [0.1, 0.15) is 34.2 Å². The first-order valence-corrected chi connectivity index (χ1v) is 7.66. The lowest BCUT2D eigenvalue weighted by molar-refractivity contribution is 0.309. The van der Waals surface area contributed by atoms with Crippen molar-refractivity contribution in [2.75, 3.05) is 0 Å². The van der Waals surface area contributed by atoms with E-state index in [1.807, 2.05) is 12.1 Å². The number of oxime groups is 1. The van der Waals surface area contributed by atoms with E-state index in [0.717, 1.165) is 36.3 Å². The molecule has 1 N–H and O–H groups in total. The number of nitrogens with zero attached hydrogens (tertiary/aromatic N) is 1. The molecule has 0 amide bonds. The Morgan fingerprint density at radius 2 is 2.05 bits per heavy atom. The molecule has 1 aliphatic carbocycles. The van der Waals surface area contributed by atoms with Crippen molar-refractivity contribution in [1.82, 2.24) is 0 Å². The van der Waals surface area contributed by atoms with Crippen LogP contribution in [0.3, 0.4) is 0 Å². The summed E-state index contributed by atoms with van der Waals surface area (Å²) in [5.74, 6) is 0.884. The van der Waals surface area contributed by atoms with Gasteiger partial charge in [0.25, 0.3) is 0 Å². The second-order valence-electron chi connectivity index (χ2n) is 4.88. The molecular weight excluding hydrogens is 270 g/mol. The Morgan fingerprint density at radius 3 is 2.80 bits per heavy atom. The summed E-state index contributed by atoms with van der Waals surface area (Å²) in [6.07, 6.45) is 2.80. The molecular formula is C16H17NO2S. The third-order valence-electron chi connectivity index (χ3n) is 3.59. The van der Waals surface area contributed by atoms with Gasteiger partial charge < -0.3 is 9.94 Å². The summed E-state index contributed by atoms with van der Waals surface area (Å²) in [5.41, 5.74) is 3.03. The molecule has 0 spiro atoms. The first-order valence-electron chi connectivity index (χ1n) is 6.84. The molecule has 0 bridgehead atoms. The van der Waals surface area contributed by atoms with Gasteiger partial charge in [0, 0.05) is 15.3 Å². The van der Waals surface area contributed by atoms with Crippen molar-refractivity contribution in [3.05, 3.63) is 51.2 Å². The average Bonchev–Trinajstić information content (AvgIpc) is 3.10. The number of aryl methyl sites for hydroxylation is 2. The van der Waals surface area contributed by atoms with Gasteiger partial charge in [-0.2, -0.15) is 0 Å². The lowest BCUT2D eigenvalue weighted by Gasteiger charge is -2.07. The number of benzene rings is 1. The zero-order valence-electron chi connectivity index (χ0n) is 11.4. The molecule has 104 valence electrons. The van der Waals surface area contributed by atoms with E-state index in [9.17, 15) is 0 Å². The highest BCUT2D eigenvalue weighted by atomic mass is 32.1. The van der Waals surface area contributed by atoms with Crippen LogP contribution in [0.2, 0.25) is 0 Å². The Hall–Kier alpha value is -1.81. The molecule has 1 aromatic heterocycles. The van der Waals surface area contributed by atoms with Gasteiger partial charge in [-0.15, -0.1) is 11.3 Å². The lowest BCUT2D eigenvalue weighted by atomic mass is 10.1. The van der Waals surface area contributed by atoms with Crippen molar-refractivity contribution in [2.24, 2.45) is 5.16 Å². The quantitative estimate of drug-likeness (QED) is 0.682. The number of hydrogen-bond acceptors (Lipinski definition) is 4. The molecule has 0 saturated heterocycles. The number of fused-ring (bicyclic) bond motifs is 1. The molecule has 3 nitrogen and oxygen atoms in total. The number of hydrogen-bond donors (Lipinski definition) is 1. The van der Waals surface area contributed by atoms with E-state index in [-0.39, 0.29) is 0 Å². The molecule has 0 aliphatic heterocycles. The second-order valence-corrected chi connectivity index (χ2v) is 6.13. The van der Waals surface area contributed by atoms with Crippen LogP contribution < -0.4 is 4.74 Å². The molecule has 1 aliphatic rings. The van der Waals surface area contributed by atoms with Gasteiger partial charge in [0.05, 0.1) is 5.71 Å². The Balaban J connectivity index is 1.70. The molecule has 3 rings (SSSR count). The van der Waals surface area contributed by atoms with Crippen LogP contribution in [0.4, 0.5) is 0 Å². The fraction of sp³-hybridized carbons (Fsp3) is 0.312. The minimum absolute atomic E-state index is 0.615. The topological polar surface area (TPSA) is 41.8 Å². The maximum Gasteiger partial charge on any atom is 0.122 e. The van der Waals surface area contributed by atoms with E-state index in [1.54, 1.807) is 11.3 Å². The summed E-state index contributed by atoms with van der Waals surface area (Å²) < 4.78 is 5.85. The summed E-state index contributed by atoms with van der Waals surface area (Å²) >= 11 is 1.80. The number of ether oxygens (including phenoxy) is 1. The molecule has 0 fully saturated rings. The number of rotatable bonds is 4. The first-order chi connectivity index (χ1) is 9.80. The average molecular weight is 287 g/mol. The van der Waals surface area contributed by atoms with Gasteiger partial charge in [0.1, 0.15) is 12.4 Å². The van der Waals surface area contributed by atoms with E-state index in [1.165, 1.54) is 15.3 Å². The van der Waals surface area contributed by atoms with Gasteiger partial charge in [-0.3, -0.25) is 0 Å². The third-order valence-corrected chi connectivity index (χ3v) is 4.79.